The molecule has 90 valence electrons. The molecule has 1 aromatic rings. The molecule has 1 aromatic carbocycles. The maximum absolute atomic E-state index is 6.11. The van der Waals surface area contributed by atoms with Crippen LogP contribution in [0, 0.1) is 5.92 Å². The number of anilines is 1. The summed E-state index contributed by atoms with van der Waals surface area (Å²) in [4.78, 5) is 0. The highest BCUT2D eigenvalue weighted by molar-refractivity contribution is 6.33. The molecule has 2 nitrogen and oxygen atoms in total. The molecule has 0 amide bonds. The Kier molecular flexibility index (Phi) is 5.64. The number of para-hydroxylation sites is 1. The van der Waals surface area contributed by atoms with E-state index in [2.05, 4.69) is 19.2 Å². The van der Waals surface area contributed by atoms with Crippen molar-refractivity contribution < 1.29 is 0 Å². The van der Waals surface area contributed by atoms with Crippen LogP contribution in [0.2, 0.25) is 5.02 Å². The van der Waals surface area contributed by atoms with Crippen LogP contribution >= 0.6 is 11.6 Å². The van der Waals surface area contributed by atoms with Crippen molar-refractivity contribution in [1.29, 1.82) is 0 Å². The second kappa shape index (κ2) is 6.77. The Morgan fingerprint density at radius 3 is 2.38 bits per heavy atom. The van der Waals surface area contributed by atoms with Gasteiger partial charge in [-0.05, 0) is 18.1 Å². The maximum atomic E-state index is 6.11. The molecule has 16 heavy (non-hydrogen) atoms. The Morgan fingerprint density at radius 2 is 1.88 bits per heavy atom. The Bertz CT molecular complexity index is 311. The van der Waals surface area contributed by atoms with Crippen molar-refractivity contribution in [2.24, 2.45) is 11.7 Å². The van der Waals surface area contributed by atoms with E-state index in [1.807, 2.05) is 24.3 Å². The van der Waals surface area contributed by atoms with Gasteiger partial charge in [-0.1, -0.05) is 50.4 Å². The van der Waals surface area contributed by atoms with Crippen molar-refractivity contribution in [3.05, 3.63) is 29.3 Å². The minimum Gasteiger partial charge on any atom is -0.380 e. The summed E-state index contributed by atoms with van der Waals surface area (Å²) in [6.45, 7) is 5.04. The van der Waals surface area contributed by atoms with Gasteiger partial charge in [-0.25, -0.2) is 0 Å². The number of nitrogens with one attached hydrogen (secondary N) is 1. The van der Waals surface area contributed by atoms with Gasteiger partial charge in [-0.15, -0.1) is 0 Å². The highest BCUT2D eigenvalue weighted by Gasteiger charge is 2.17. The van der Waals surface area contributed by atoms with E-state index in [4.69, 9.17) is 17.3 Å². The zero-order valence-electron chi connectivity index (χ0n) is 10.0. The summed E-state index contributed by atoms with van der Waals surface area (Å²) in [6.07, 6.45) is 2.27. The molecular weight excluding hydrogens is 220 g/mol. The van der Waals surface area contributed by atoms with Crippen LogP contribution in [0.25, 0.3) is 0 Å². The van der Waals surface area contributed by atoms with E-state index < -0.39 is 0 Å². The van der Waals surface area contributed by atoms with Crippen LogP contribution in [0.1, 0.15) is 26.7 Å². The number of halogens is 1. The van der Waals surface area contributed by atoms with E-state index in [0.717, 1.165) is 23.6 Å². The van der Waals surface area contributed by atoms with E-state index >= 15 is 0 Å². The molecule has 0 fully saturated rings. The van der Waals surface area contributed by atoms with Gasteiger partial charge >= 0.3 is 0 Å². The van der Waals surface area contributed by atoms with Crippen LogP contribution in [0.4, 0.5) is 5.69 Å². The van der Waals surface area contributed by atoms with Crippen molar-refractivity contribution in [3.63, 3.8) is 0 Å². The van der Waals surface area contributed by atoms with E-state index in [0.29, 0.717) is 18.5 Å². The highest BCUT2D eigenvalue weighted by atomic mass is 35.5. The molecule has 0 saturated heterocycles. The molecule has 0 spiro atoms. The summed E-state index contributed by atoms with van der Waals surface area (Å²) in [6, 6.07) is 8.10. The van der Waals surface area contributed by atoms with Crippen molar-refractivity contribution in [2.75, 3.05) is 11.9 Å². The normalized spacial score (nSPS) is 12.8. The maximum Gasteiger partial charge on any atom is 0.0637 e. The fourth-order valence-electron chi connectivity index (χ4n) is 2.00. The molecule has 0 aliphatic rings. The van der Waals surface area contributed by atoms with Crippen LogP contribution in [-0.2, 0) is 0 Å². The lowest BCUT2D eigenvalue weighted by Gasteiger charge is -2.26. The molecule has 0 aromatic heterocycles. The van der Waals surface area contributed by atoms with Crippen LogP contribution < -0.4 is 11.1 Å². The van der Waals surface area contributed by atoms with Gasteiger partial charge in [0, 0.05) is 12.6 Å². The number of hydrogen-bond acceptors (Lipinski definition) is 2. The van der Waals surface area contributed by atoms with Gasteiger partial charge in [0.05, 0.1) is 10.7 Å². The van der Waals surface area contributed by atoms with Crippen molar-refractivity contribution in [1.82, 2.24) is 0 Å². The first-order valence-electron chi connectivity index (χ1n) is 5.94. The predicted molar refractivity (Wildman–Crippen MR) is 72.0 cm³/mol. The third kappa shape index (κ3) is 3.39. The van der Waals surface area contributed by atoms with Gasteiger partial charge < -0.3 is 11.1 Å². The molecular formula is C13H21ClN2. The molecule has 1 atom stereocenters. The first kappa shape index (κ1) is 13.3. The fourth-order valence-corrected chi connectivity index (χ4v) is 2.20. The average molecular weight is 241 g/mol. The Hall–Kier alpha value is -0.730. The van der Waals surface area contributed by atoms with Crippen LogP contribution in [-0.4, -0.2) is 12.6 Å². The minimum absolute atomic E-state index is 0.301. The van der Waals surface area contributed by atoms with E-state index in [-0.39, 0.29) is 0 Å². The largest absolute Gasteiger partial charge is 0.380 e. The Balaban J connectivity index is 2.73. The summed E-state index contributed by atoms with van der Waals surface area (Å²) >= 11 is 6.11. The first-order chi connectivity index (χ1) is 7.72. The Labute approximate surface area is 103 Å². The summed E-state index contributed by atoms with van der Waals surface area (Å²) in [5, 5.41) is 4.20. The lowest BCUT2D eigenvalue weighted by Crippen LogP contribution is -2.35. The standard InChI is InChI=1S/C13H21ClN2/c1-3-10(4-2)13(9-15)16-12-8-6-5-7-11(12)14/h5-8,10,13,16H,3-4,9,15H2,1-2H3. The van der Waals surface area contributed by atoms with E-state index in [1.54, 1.807) is 0 Å². The molecule has 0 aliphatic heterocycles. The van der Waals surface area contributed by atoms with Gasteiger partial charge in [0.2, 0.25) is 0 Å². The van der Waals surface area contributed by atoms with Crippen LogP contribution in [0.15, 0.2) is 24.3 Å². The summed E-state index contributed by atoms with van der Waals surface area (Å²) in [5.74, 6) is 0.598. The number of nitrogens with two attached hydrogens (primary N) is 1. The van der Waals surface area contributed by atoms with E-state index in [1.165, 1.54) is 0 Å². The second-order valence-electron chi connectivity index (χ2n) is 4.04. The summed E-state index contributed by atoms with van der Waals surface area (Å²) < 4.78 is 0. The molecule has 0 radical (unpaired) electrons. The quantitative estimate of drug-likeness (QED) is 0.799. The smallest absolute Gasteiger partial charge is 0.0637 e. The number of hydrogen-bond donors (Lipinski definition) is 2. The molecule has 1 unspecified atom stereocenters. The highest BCUT2D eigenvalue weighted by Crippen LogP contribution is 2.24. The number of rotatable bonds is 6. The van der Waals surface area contributed by atoms with Crippen LogP contribution in [0.3, 0.4) is 0 Å². The third-order valence-electron chi connectivity index (χ3n) is 3.09. The fraction of sp³-hybridized carbons (Fsp3) is 0.538. The van der Waals surface area contributed by atoms with Gasteiger partial charge in [-0.3, -0.25) is 0 Å². The van der Waals surface area contributed by atoms with Crippen molar-refractivity contribution >= 4 is 17.3 Å². The van der Waals surface area contributed by atoms with Crippen molar-refractivity contribution in [3.8, 4) is 0 Å². The topological polar surface area (TPSA) is 38.0 Å². The van der Waals surface area contributed by atoms with Gasteiger partial charge in [0.25, 0.3) is 0 Å². The second-order valence-corrected chi connectivity index (χ2v) is 4.45. The molecule has 3 N–H and O–H groups in total. The SMILES string of the molecule is CCC(CC)C(CN)Nc1ccccc1Cl. The van der Waals surface area contributed by atoms with Crippen LogP contribution in [0.5, 0.6) is 0 Å². The summed E-state index contributed by atoms with van der Waals surface area (Å²) in [5.41, 5.74) is 6.80. The predicted octanol–water partition coefficient (Wildman–Crippen LogP) is 3.52. The monoisotopic (exact) mass is 240 g/mol. The first-order valence-corrected chi connectivity index (χ1v) is 6.31. The summed E-state index contributed by atoms with van der Waals surface area (Å²) in [7, 11) is 0. The number of benzene rings is 1. The molecule has 0 heterocycles. The molecule has 0 aliphatic carbocycles. The zero-order valence-corrected chi connectivity index (χ0v) is 10.8. The molecule has 0 saturated carbocycles. The molecule has 0 bridgehead atoms. The Morgan fingerprint density at radius 1 is 1.25 bits per heavy atom. The van der Waals surface area contributed by atoms with E-state index in [9.17, 15) is 0 Å². The van der Waals surface area contributed by atoms with Gasteiger partial charge in [-0.2, -0.15) is 0 Å². The zero-order chi connectivity index (χ0) is 12.0. The molecule has 3 heteroatoms. The molecule has 1 rings (SSSR count). The van der Waals surface area contributed by atoms with Gasteiger partial charge in [0.1, 0.15) is 0 Å². The average Bonchev–Trinajstić information content (AvgIpc) is 2.31. The van der Waals surface area contributed by atoms with Gasteiger partial charge in [0.15, 0.2) is 0 Å². The third-order valence-corrected chi connectivity index (χ3v) is 3.42. The van der Waals surface area contributed by atoms with Crippen molar-refractivity contribution in [2.45, 2.75) is 32.7 Å². The minimum atomic E-state index is 0.301. The lowest BCUT2D eigenvalue weighted by atomic mass is 9.94. The lowest BCUT2D eigenvalue weighted by molar-refractivity contribution is 0.422.